The van der Waals surface area contributed by atoms with Gasteiger partial charge in [0.15, 0.2) is 5.78 Å². The Bertz CT molecular complexity index is 520. The molecule has 0 atom stereocenters. The van der Waals surface area contributed by atoms with E-state index in [4.69, 9.17) is 0 Å². The van der Waals surface area contributed by atoms with Crippen LogP contribution in [0.1, 0.15) is 6.42 Å². The Labute approximate surface area is 88.5 Å². The number of hydrogen-bond donors (Lipinski definition) is 0. The Morgan fingerprint density at radius 3 is 2.80 bits per heavy atom. The first-order chi connectivity index (χ1) is 7.36. The van der Waals surface area contributed by atoms with Crippen LogP contribution in [0.25, 0.3) is 0 Å². The highest BCUT2D eigenvalue weighted by Gasteiger charge is 2.25. The monoisotopic (exact) mass is 194 g/mol. The molecule has 0 saturated carbocycles. The number of rotatable bonds is 0. The zero-order valence-electron chi connectivity index (χ0n) is 8.23. The van der Waals surface area contributed by atoms with Crippen molar-refractivity contribution in [1.29, 1.82) is 0 Å². The van der Waals surface area contributed by atoms with E-state index in [9.17, 15) is 4.79 Å². The molecule has 0 bridgehead atoms. The van der Waals surface area contributed by atoms with E-state index in [1.165, 1.54) is 5.57 Å². The Hall–Kier alpha value is -1.89. The van der Waals surface area contributed by atoms with Gasteiger partial charge in [-0.25, -0.2) is 0 Å². The van der Waals surface area contributed by atoms with Crippen molar-refractivity contribution in [1.82, 2.24) is 0 Å². The van der Waals surface area contributed by atoms with Crippen LogP contribution in [0.4, 0.5) is 0 Å². The molecule has 3 aliphatic rings. The number of carbonyl (C=O) groups excluding carboxylic acids is 1. The van der Waals surface area contributed by atoms with Gasteiger partial charge in [-0.1, -0.05) is 42.5 Å². The maximum absolute atomic E-state index is 11.7. The lowest BCUT2D eigenvalue weighted by atomic mass is 9.89. The first-order valence-corrected chi connectivity index (χ1v) is 5.08. The van der Waals surface area contributed by atoms with Crippen molar-refractivity contribution < 1.29 is 4.79 Å². The van der Waals surface area contributed by atoms with Crippen LogP contribution < -0.4 is 0 Å². The third kappa shape index (κ3) is 1.20. The van der Waals surface area contributed by atoms with E-state index >= 15 is 0 Å². The van der Waals surface area contributed by atoms with Crippen LogP contribution >= 0.6 is 0 Å². The summed E-state index contributed by atoms with van der Waals surface area (Å²) in [5.41, 5.74) is 4.40. The van der Waals surface area contributed by atoms with E-state index < -0.39 is 0 Å². The van der Waals surface area contributed by atoms with Gasteiger partial charge in [0.05, 0.1) is 0 Å². The molecule has 15 heavy (non-hydrogen) atoms. The maximum atomic E-state index is 11.7. The molecule has 0 aromatic rings. The number of ketones is 1. The van der Waals surface area contributed by atoms with Gasteiger partial charge >= 0.3 is 0 Å². The van der Waals surface area contributed by atoms with Gasteiger partial charge in [0.2, 0.25) is 0 Å². The molecule has 1 nitrogen and oxygen atoms in total. The minimum atomic E-state index is 0.159. The Morgan fingerprint density at radius 1 is 0.933 bits per heavy atom. The third-order valence-corrected chi connectivity index (χ3v) is 2.89. The van der Waals surface area contributed by atoms with E-state index in [0.717, 1.165) is 23.1 Å². The average molecular weight is 194 g/mol. The van der Waals surface area contributed by atoms with Crippen molar-refractivity contribution in [2.45, 2.75) is 6.42 Å². The lowest BCUT2D eigenvalue weighted by molar-refractivity contribution is -0.111. The molecular formula is C14H10O. The third-order valence-electron chi connectivity index (χ3n) is 2.89. The van der Waals surface area contributed by atoms with Crippen molar-refractivity contribution in [3.63, 3.8) is 0 Å². The smallest absolute Gasteiger partial charge is 0.182 e. The molecule has 0 radical (unpaired) electrons. The van der Waals surface area contributed by atoms with Crippen LogP contribution in [0, 0.1) is 0 Å². The fourth-order valence-corrected chi connectivity index (χ4v) is 2.18. The van der Waals surface area contributed by atoms with Crippen molar-refractivity contribution in [3.8, 4) is 0 Å². The summed E-state index contributed by atoms with van der Waals surface area (Å²) in [5.74, 6) is 0.159. The lowest BCUT2D eigenvalue weighted by Crippen LogP contribution is -2.06. The molecule has 1 heteroatoms. The van der Waals surface area contributed by atoms with E-state index in [0.29, 0.717) is 0 Å². The summed E-state index contributed by atoms with van der Waals surface area (Å²) in [5, 5.41) is 0. The Morgan fingerprint density at radius 2 is 1.87 bits per heavy atom. The zero-order chi connectivity index (χ0) is 10.3. The molecule has 0 saturated heterocycles. The van der Waals surface area contributed by atoms with Crippen molar-refractivity contribution >= 4 is 5.78 Å². The summed E-state index contributed by atoms with van der Waals surface area (Å²) in [6.45, 7) is 0. The van der Waals surface area contributed by atoms with Crippen LogP contribution in [-0.2, 0) is 4.79 Å². The molecule has 3 aliphatic carbocycles. The van der Waals surface area contributed by atoms with Gasteiger partial charge in [-0.3, -0.25) is 4.79 Å². The van der Waals surface area contributed by atoms with E-state index in [2.05, 4.69) is 18.2 Å². The molecule has 0 unspecified atom stereocenters. The molecule has 0 aliphatic heterocycles. The highest BCUT2D eigenvalue weighted by atomic mass is 16.1. The fraction of sp³-hybridized carbons (Fsp3) is 0.0714. The molecule has 72 valence electrons. The van der Waals surface area contributed by atoms with Crippen LogP contribution in [0.2, 0.25) is 0 Å². The molecule has 0 heterocycles. The van der Waals surface area contributed by atoms with Crippen LogP contribution in [0.5, 0.6) is 0 Å². The van der Waals surface area contributed by atoms with Gasteiger partial charge in [-0.05, 0) is 29.2 Å². The second-order valence-corrected chi connectivity index (χ2v) is 3.78. The molecule has 0 aromatic carbocycles. The molecule has 0 aromatic heterocycles. The number of hydrogen-bond acceptors (Lipinski definition) is 1. The lowest BCUT2D eigenvalue weighted by Gasteiger charge is -2.14. The number of carbonyl (C=O) groups is 1. The molecule has 0 spiro atoms. The zero-order valence-corrected chi connectivity index (χ0v) is 8.23. The maximum Gasteiger partial charge on any atom is 0.182 e. The molecule has 0 amide bonds. The predicted molar refractivity (Wildman–Crippen MR) is 60.2 cm³/mol. The van der Waals surface area contributed by atoms with E-state index in [1.807, 2.05) is 24.3 Å². The standard InChI is InChI=1S/C14H10O/c15-13-9-7-11-5-3-1-2-4-10-6-8-12(13)14(10)11/h1-7,9H,8H2. The Balaban J connectivity index is 2.25. The normalized spacial score (nSPS) is 22.3. The van der Waals surface area contributed by atoms with Gasteiger partial charge < -0.3 is 0 Å². The fourth-order valence-electron chi connectivity index (χ4n) is 2.18. The molecule has 0 N–H and O–H groups in total. The highest BCUT2D eigenvalue weighted by Crippen LogP contribution is 2.37. The summed E-state index contributed by atoms with van der Waals surface area (Å²) in [4.78, 5) is 11.7. The molecule has 0 fully saturated rings. The van der Waals surface area contributed by atoms with E-state index in [1.54, 1.807) is 6.08 Å². The minimum Gasteiger partial charge on any atom is -0.290 e. The summed E-state index contributed by atoms with van der Waals surface area (Å²) < 4.78 is 0. The van der Waals surface area contributed by atoms with Gasteiger partial charge in [0.25, 0.3) is 0 Å². The second kappa shape index (κ2) is 3.06. The first kappa shape index (κ1) is 8.42. The summed E-state index contributed by atoms with van der Waals surface area (Å²) in [7, 11) is 0. The van der Waals surface area contributed by atoms with Crippen molar-refractivity contribution in [2.24, 2.45) is 0 Å². The topological polar surface area (TPSA) is 17.1 Å². The van der Waals surface area contributed by atoms with Crippen molar-refractivity contribution in [2.75, 3.05) is 0 Å². The van der Waals surface area contributed by atoms with Crippen LogP contribution in [0.15, 0.2) is 70.9 Å². The second-order valence-electron chi connectivity index (χ2n) is 3.78. The predicted octanol–water partition coefficient (Wildman–Crippen LogP) is 2.80. The quantitative estimate of drug-likeness (QED) is 0.579. The SMILES string of the molecule is O=C1C=CC2=CC=CC=CC3=CCC1=C23. The Kier molecular flexibility index (Phi) is 1.72. The van der Waals surface area contributed by atoms with Gasteiger partial charge in [-0.2, -0.15) is 0 Å². The minimum absolute atomic E-state index is 0.159. The van der Waals surface area contributed by atoms with Crippen LogP contribution in [-0.4, -0.2) is 5.78 Å². The van der Waals surface area contributed by atoms with E-state index in [-0.39, 0.29) is 5.78 Å². The van der Waals surface area contributed by atoms with Crippen molar-refractivity contribution in [3.05, 3.63) is 70.9 Å². The molecule has 3 rings (SSSR count). The summed E-state index contributed by atoms with van der Waals surface area (Å²) in [6.07, 6.45) is 16.6. The van der Waals surface area contributed by atoms with Gasteiger partial charge in [0, 0.05) is 5.57 Å². The number of allylic oxidation sites excluding steroid dienone is 12. The molecular weight excluding hydrogens is 184 g/mol. The van der Waals surface area contributed by atoms with Crippen LogP contribution in [0.3, 0.4) is 0 Å². The summed E-state index contributed by atoms with van der Waals surface area (Å²) >= 11 is 0. The van der Waals surface area contributed by atoms with Gasteiger partial charge in [-0.15, -0.1) is 0 Å². The first-order valence-electron chi connectivity index (χ1n) is 5.08. The average Bonchev–Trinajstić information content (AvgIpc) is 2.61. The highest BCUT2D eigenvalue weighted by molar-refractivity contribution is 6.09. The van der Waals surface area contributed by atoms with Gasteiger partial charge in [0.1, 0.15) is 0 Å². The largest absolute Gasteiger partial charge is 0.290 e. The summed E-state index contributed by atoms with van der Waals surface area (Å²) in [6, 6.07) is 0.